The molecule has 15 heavy (non-hydrogen) atoms. The third-order valence-corrected chi connectivity index (χ3v) is 2.01. The van der Waals surface area contributed by atoms with Gasteiger partial charge in [0.25, 0.3) is 0 Å². The van der Waals surface area contributed by atoms with E-state index in [1.54, 1.807) is 0 Å². The topological polar surface area (TPSA) is 71.8 Å². The van der Waals surface area contributed by atoms with Crippen molar-refractivity contribution in [1.82, 2.24) is 10.2 Å². The molecule has 4 nitrogen and oxygen atoms in total. The van der Waals surface area contributed by atoms with Crippen LogP contribution in [0.25, 0.3) is 0 Å². The number of benzene rings is 1. The van der Waals surface area contributed by atoms with Crippen LogP contribution < -0.4 is 5.73 Å². The number of aromatic amines is 1. The third-order valence-electron chi connectivity index (χ3n) is 2.01. The molecule has 1 aromatic carbocycles. The second kappa shape index (κ2) is 3.53. The lowest BCUT2D eigenvalue weighted by Gasteiger charge is -2.02. The smallest absolute Gasteiger partial charge is 0.212 e. The van der Waals surface area contributed by atoms with Crippen molar-refractivity contribution in [3.8, 4) is 0 Å². The van der Waals surface area contributed by atoms with Crippen LogP contribution in [-0.4, -0.2) is 16.0 Å². The molecule has 0 atom stereocenters. The van der Waals surface area contributed by atoms with Crippen LogP contribution in [0.5, 0.6) is 0 Å². The van der Waals surface area contributed by atoms with Crippen LogP contribution in [0.15, 0.2) is 30.5 Å². The maximum atomic E-state index is 12.9. The standard InChI is InChI=1S/C10H8FN3O/c11-6-1-2-8(12)7(5-6)10(15)9-3-4-13-14-9/h1-5H,12H2,(H,13,14). The molecule has 0 saturated heterocycles. The molecule has 0 saturated carbocycles. The highest BCUT2D eigenvalue weighted by Crippen LogP contribution is 2.16. The number of nitrogens with two attached hydrogens (primary N) is 1. The monoisotopic (exact) mass is 205 g/mol. The molecule has 5 heteroatoms. The predicted octanol–water partition coefficient (Wildman–Crippen LogP) is 1.36. The summed E-state index contributed by atoms with van der Waals surface area (Å²) in [5, 5.41) is 6.14. The number of ketones is 1. The Bertz CT molecular complexity index is 493. The van der Waals surface area contributed by atoms with Crippen molar-refractivity contribution >= 4 is 11.5 Å². The van der Waals surface area contributed by atoms with Gasteiger partial charge in [0.15, 0.2) is 0 Å². The minimum Gasteiger partial charge on any atom is -0.398 e. The van der Waals surface area contributed by atoms with E-state index in [2.05, 4.69) is 10.2 Å². The number of carbonyl (C=O) groups excluding carboxylic acids is 1. The van der Waals surface area contributed by atoms with Crippen LogP contribution in [0, 0.1) is 5.82 Å². The molecule has 3 N–H and O–H groups in total. The van der Waals surface area contributed by atoms with Crippen molar-refractivity contribution < 1.29 is 9.18 Å². The highest BCUT2D eigenvalue weighted by molar-refractivity contribution is 6.10. The van der Waals surface area contributed by atoms with Gasteiger partial charge in [0.2, 0.25) is 5.78 Å². The van der Waals surface area contributed by atoms with Crippen molar-refractivity contribution in [2.24, 2.45) is 0 Å². The molecule has 0 aliphatic carbocycles. The maximum Gasteiger partial charge on any atom is 0.212 e. The van der Waals surface area contributed by atoms with Crippen LogP contribution in [0.1, 0.15) is 16.1 Å². The molecule has 1 aromatic heterocycles. The minimum absolute atomic E-state index is 0.138. The van der Waals surface area contributed by atoms with Crippen LogP contribution in [-0.2, 0) is 0 Å². The van der Waals surface area contributed by atoms with Crippen molar-refractivity contribution in [3.05, 3.63) is 47.5 Å². The average molecular weight is 205 g/mol. The number of nitrogens with zero attached hydrogens (tertiary/aromatic N) is 1. The number of aromatic nitrogens is 2. The number of carbonyl (C=O) groups is 1. The number of hydrogen-bond acceptors (Lipinski definition) is 3. The van der Waals surface area contributed by atoms with Crippen molar-refractivity contribution in [2.45, 2.75) is 0 Å². The van der Waals surface area contributed by atoms with E-state index in [0.29, 0.717) is 0 Å². The highest BCUT2D eigenvalue weighted by Gasteiger charge is 2.13. The summed E-state index contributed by atoms with van der Waals surface area (Å²) >= 11 is 0. The molecule has 0 aliphatic rings. The molecule has 2 rings (SSSR count). The molecular weight excluding hydrogens is 197 g/mol. The van der Waals surface area contributed by atoms with E-state index in [1.807, 2.05) is 0 Å². The lowest BCUT2D eigenvalue weighted by molar-refractivity contribution is 0.103. The van der Waals surface area contributed by atoms with E-state index in [9.17, 15) is 9.18 Å². The second-order valence-corrected chi connectivity index (χ2v) is 3.03. The first-order chi connectivity index (χ1) is 7.18. The van der Waals surface area contributed by atoms with Gasteiger partial charge in [-0.2, -0.15) is 5.10 Å². The molecule has 0 amide bonds. The fourth-order valence-corrected chi connectivity index (χ4v) is 1.25. The van der Waals surface area contributed by atoms with E-state index >= 15 is 0 Å². The van der Waals surface area contributed by atoms with Gasteiger partial charge in [-0.05, 0) is 24.3 Å². The summed E-state index contributed by atoms with van der Waals surface area (Å²) in [7, 11) is 0. The fourth-order valence-electron chi connectivity index (χ4n) is 1.25. The zero-order chi connectivity index (χ0) is 10.8. The van der Waals surface area contributed by atoms with E-state index < -0.39 is 5.82 Å². The van der Waals surface area contributed by atoms with E-state index in [1.165, 1.54) is 24.4 Å². The van der Waals surface area contributed by atoms with Gasteiger partial charge in [-0.15, -0.1) is 0 Å². The fraction of sp³-hybridized carbons (Fsp3) is 0. The number of rotatable bonds is 2. The van der Waals surface area contributed by atoms with Crippen LogP contribution >= 0.6 is 0 Å². The molecule has 0 unspecified atom stereocenters. The third kappa shape index (κ3) is 1.71. The molecule has 0 spiro atoms. The first kappa shape index (κ1) is 9.39. The quantitative estimate of drug-likeness (QED) is 0.574. The molecule has 0 radical (unpaired) electrons. The summed E-state index contributed by atoms with van der Waals surface area (Å²) in [6.45, 7) is 0. The number of halogens is 1. The lowest BCUT2D eigenvalue weighted by Crippen LogP contribution is -2.06. The molecule has 0 aliphatic heterocycles. The molecule has 76 valence electrons. The number of nitrogen functional groups attached to an aromatic ring is 1. The Labute approximate surface area is 84.9 Å². The predicted molar refractivity (Wildman–Crippen MR) is 52.8 cm³/mol. The molecule has 1 heterocycles. The summed E-state index contributed by atoms with van der Waals surface area (Å²) in [6, 6.07) is 5.18. The van der Waals surface area contributed by atoms with E-state index in [0.717, 1.165) is 6.07 Å². The Morgan fingerprint density at radius 3 is 2.87 bits per heavy atom. The van der Waals surface area contributed by atoms with E-state index in [4.69, 9.17) is 5.73 Å². The largest absolute Gasteiger partial charge is 0.398 e. The summed E-state index contributed by atoms with van der Waals surface area (Å²) in [5.41, 5.74) is 6.24. The molecule has 0 bridgehead atoms. The molecule has 0 fully saturated rings. The van der Waals surface area contributed by atoms with Gasteiger partial charge in [-0.1, -0.05) is 0 Å². The Balaban J connectivity index is 2.46. The highest BCUT2D eigenvalue weighted by atomic mass is 19.1. The Hall–Kier alpha value is -2.17. The van der Waals surface area contributed by atoms with Gasteiger partial charge >= 0.3 is 0 Å². The number of H-pyrrole nitrogens is 1. The summed E-state index contributed by atoms with van der Waals surface area (Å²) in [6.07, 6.45) is 1.45. The maximum absolute atomic E-state index is 12.9. The summed E-state index contributed by atoms with van der Waals surface area (Å²) < 4.78 is 12.9. The number of hydrogen-bond donors (Lipinski definition) is 2. The zero-order valence-corrected chi connectivity index (χ0v) is 7.70. The van der Waals surface area contributed by atoms with Gasteiger partial charge in [0.05, 0.1) is 0 Å². The van der Waals surface area contributed by atoms with Gasteiger partial charge < -0.3 is 5.73 Å². The van der Waals surface area contributed by atoms with E-state index in [-0.39, 0.29) is 22.7 Å². The van der Waals surface area contributed by atoms with Crippen LogP contribution in [0.3, 0.4) is 0 Å². The van der Waals surface area contributed by atoms with Crippen molar-refractivity contribution in [3.63, 3.8) is 0 Å². The Kier molecular flexibility index (Phi) is 2.21. The molecular formula is C10H8FN3O. The first-order valence-corrected chi connectivity index (χ1v) is 4.27. The van der Waals surface area contributed by atoms with Gasteiger partial charge in [0.1, 0.15) is 11.5 Å². The Morgan fingerprint density at radius 2 is 2.20 bits per heavy atom. The minimum atomic E-state index is -0.493. The normalized spacial score (nSPS) is 10.2. The van der Waals surface area contributed by atoms with Crippen molar-refractivity contribution in [2.75, 3.05) is 5.73 Å². The number of anilines is 1. The average Bonchev–Trinajstić information content (AvgIpc) is 2.74. The zero-order valence-electron chi connectivity index (χ0n) is 7.70. The SMILES string of the molecule is Nc1ccc(F)cc1C(=O)c1ccn[nH]1. The first-order valence-electron chi connectivity index (χ1n) is 4.27. The number of nitrogens with one attached hydrogen (secondary N) is 1. The summed E-state index contributed by atoms with van der Waals surface area (Å²) in [5.74, 6) is -0.864. The van der Waals surface area contributed by atoms with Crippen molar-refractivity contribution in [1.29, 1.82) is 0 Å². The van der Waals surface area contributed by atoms with Gasteiger partial charge in [-0.25, -0.2) is 4.39 Å². The second-order valence-electron chi connectivity index (χ2n) is 3.03. The van der Waals surface area contributed by atoms with Gasteiger partial charge in [0, 0.05) is 17.4 Å². The van der Waals surface area contributed by atoms with Crippen LogP contribution in [0.2, 0.25) is 0 Å². The van der Waals surface area contributed by atoms with Gasteiger partial charge in [-0.3, -0.25) is 9.89 Å². The summed E-state index contributed by atoms with van der Waals surface area (Å²) in [4.78, 5) is 11.8. The molecule has 2 aromatic rings. The lowest BCUT2D eigenvalue weighted by atomic mass is 10.1. The Morgan fingerprint density at radius 1 is 1.40 bits per heavy atom. The van der Waals surface area contributed by atoms with Crippen LogP contribution in [0.4, 0.5) is 10.1 Å².